The molecule has 0 nitrogen and oxygen atoms in total. The summed E-state index contributed by atoms with van der Waals surface area (Å²) in [5.41, 5.74) is 5.97. The highest BCUT2D eigenvalue weighted by Crippen LogP contribution is 2.31. The highest BCUT2D eigenvalue weighted by molar-refractivity contribution is 5.80. The van der Waals surface area contributed by atoms with E-state index in [-0.39, 0.29) is 11.7 Å². The van der Waals surface area contributed by atoms with E-state index in [0.717, 1.165) is 27.8 Å². The summed E-state index contributed by atoms with van der Waals surface area (Å²) in [6.07, 6.45) is 2.22. The van der Waals surface area contributed by atoms with E-state index in [1.165, 1.54) is 0 Å². The number of halogens is 1. The number of hydrogen-bond acceptors (Lipinski definition) is 0. The van der Waals surface area contributed by atoms with Crippen molar-refractivity contribution in [2.24, 2.45) is 0 Å². The molecule has 0 bridgehead atoms. The fourth-order valence-electron chi connectivity index (χ4n) is 3.61. The maximum atomic E-state index is 14.9. The van der Waals surface area contributed by atoms with Gasteiger partial charge in [0.15, 0.2) is 0 Å². The van der Waals surface area contributed by atoms with Gasteiger partial charge in [-0.2, -0.15) is 0 Å². The van der Waals surface area contributed by atoms with E-state index in [2.05, 4.69) is 37.3 Å². The van der Waals surface area contributed by atoms with E-state index in [9.17, 15) is 4.39 Å². The zero-order valence-electron chi connectivity index (χ0n) is 16.4. The lowest BCUT2D eigenvalue weighted by atomic mass is 9.90. The van der Waals surface area contributed by atoms with Gasteiger partial charge in [0.2, 0.25) is 0 Å². The minimum Gasteiger partial charge on any atom is -0.206 e. The Morgan fingerprint density at radius 1 is 0.690 bits per heavy atom. The second-order valence-electron chi connectivity index (χ2n) is 7.21. The monoisotopic (exact) mass is 378 g/mol. The van der Waals surface area contributed by atoms with Crippen LogP contribution in [0.5, 0.6) is 0 Å². The van der Waals surface area contributed by atoms with E-state index in [1.807, 2.05) is 78.9 Å². The molecule has 0 N–H and O–H groups in total. The van der Waals surface area contributed by atoms with Gasteiger partial charge in [-0.3, -0.25) is 0 Å². The first-order valence-corrected chi connectivity index (χ1v) is 9.90. The van der Waals surface area contributed by atoms with Crippen LogP contribution in [-0.4, -0.2) is 0 Å². The first-order valence-electron chi connectivity index (χ1n) is 9.90. The van der Waals surface area contributed by atoms with Gasteiger partial charge >= 0.3 is 0 Å². The molecule has 4 aromatic carbocycles. The molecule has 1 heteroatoms. The van der Waals surface area contributed by atoms with E-state index in [0.29, 0.717) is 5.56 Å². The van der Waals surface area contributed by atoms with Crippen molar-refractivity contribution in [2.45, 2.75) is 12.8 Å². The Morgan fingerprint density at radius 3 is 1.72 bits per heavy atom. The molecule has 0 heterocycles. The molecular formula is C28H23F. The van der Waals surface area contributed by atoms with Gasteiger partial charge in [0.25, 0.3) is 0 Å². The van der Waals surface area contributed by atoms with E-state index in [1.54, 1.807) is 6.07 Å². The second-order valence-corrected chi connectivity index (χ2v) is 7.21. The van der Waals surface area contributed by atoms with Gasteiger partial charge in [0.05, 0.1) is 0 Å². The van der Waals surface area contributed by atoms with Crippen LogP contribution in [0, 0.1) is 5.82 Å². The molecule has 0 aliphatic heterocycles. The molecule has 4 rings (SSSR count). The predicted molar refractivity (Wildman–Crippen MR) is 120 cm³/mol. The van der Waals surface area contributed by atoms with Crippen molar-refractivity contribution in [2.75, 3.05) is 0 Å². The largest absolute Gasteiger partial charge is 0.206 e. The molecule has 1 atom stereocenters. The molecule has 0 amide bonds. The van der Waals surface area contributed by atoms with Gasteiger partial charge in [-0.25, -0.2) is 4.39 Å². The third-order valence-electron chi connectivity index (χ3n) is 5.19. The SMILES string of the molecule is C[C@@H](C=C(c1ccccc1)c1ccccc1)c1ccc(-c2ccccc2)c(F)c1. The molecule has 0 fully saturated rings. The Morgan fingerprint density at radius 2 is 1.21 bits per heavy atom. The number of hydrogen-bond donors (Lipinski definition) is 0. The minimum absolute atomic E-state index is 0.0738. The van der Waals surface area contributed by atoms with Crippen LogP contribution in [0.3, 0.4) is 0 Å². The standard InChI is InChI=1S/C28H23F/c1-21(25-17-18-26(28(29)20-25)22-11-5-2-6-12-22)19-27(23-13-7-3-8-14-23)24-15-9-4-10-16-24/h2-21H,1H3/t21-/m0/s1. The lowest BCUT2D eigenvalue weighted by Gasteiger charge is -2.14. The topological polar surface area (TPSA) is 0 Å². The Labute approximate surface area is 172 Å². The van der Waals surface area contributed by atoms with Gasteiger partial charge < -0.3 is 0 Å². The highest BCUT2D eigenvalue weighted by atomic mass is 19.1. The smallest absolute Gasteiger partial charge is 0.131 e. The summed E-state index contributed by atoms with van der Waals surface area (Å²) >= 11 is 0. The van der Waals surface area contributed by atoms with Crippen LogP contribution in [-0.2, 0) is 0 Å². The minimum atomic E-state index is -0.185. The first kappa shape index (κ1) is 18.9. The predicted octanol–water partition coefficient (Wildman–Crippen LogP) is 7.73. The average molecular weight is 378 g/mol. The van der Waals surface area contributed by atoms with Crippen molar-refractivity contribution in [1.82, 2.24) is 0 Å². The molecule has 0 aliphatic carbocycles. The summed E-state index contributed by atoms with van der Waals surface area (Å²) in [5, 5.41) is 0. The van der Waals surface area contributed by atoms with Crippen molar-refractivity contribution in [1.29, 1.82) is 0 Å². The van der Waals surface area contributed by atoms with E-state index >= 15 is 0 Å². The molecule has 4 aromatic rings. The first-order chi connectivity index (χ1) is 14.2. The molecule has 0 unspecified atom stereocenters. The lowest BCUT2D eigenvalue weighted by Crippen LogP contribution is -1.96. The maximum Gasteiger partial charge on any atom is 0.131 e. The van der Waals surface area contributed by atoms with Gasteiger partial charge in [0.1, 0.15) is 5.82 Å². The van der Waals surface area contributed by atoms with Gasteiger partial charge in [-0.15, -0.1) is 0 Å². The molecule has 0 saturated carbocycles. The zero-order chi connectivity index (χ0) is 20.1. The molecule has 29 heavy (non-hydrogen) atoms. The quantitative estimate of drug-likeness (QED) is 0.333. The van der Waals surface area contributed by atoms with Gasteiger partial charge in [-0.1, -0.05) is 116 Å². The van der Waals surface area contributed by atoms with Crippen LogP contribution < -0.4 is 0 Å². The summed E-state index contributed by atoms with van der Waals surface area (Å²) in [4.78, 5) is 0. The van der Waals surface area contributed by atoms with Gasteiger partial charge in [-0.05, 0) is 33.9 Å². The zero-order valence-corrected chi connectivity index (χ0v) is 16.4. The number of allylic oxidation sites excluding steroid dienone is 1. The molecule has 0 radical (unpaired) electrons. The summed E-state index contributed by atoms with van der Waals surface area (Å²) in [6.45, 7) is 2.11. The normalized spacial score (nSPS) is 11.7. The van der Waals surface area contributed by atoms with Crippen LogP contribution in [0.15, 0.2) is 115 Å². The fraction of sp³-hybridized carbons (Fsp3) is 0.0714. The lowest BCUT2D eigenvalue weighted by molar-refractivity contribution is 0.628. The molecule has 0 spiro atoms. The third kappa shape index (κ3) is 4.35. The molecule has 142 valence electrons. The van der Waals surface area contributed by atoms with E-state index < -0.39 is 0 Å². The third-order valence-corrected chi connectivity index (χ3v) is 5.19. The summed E-state index contributed by atoms with van der Waals surface area (Å²) in [6, 6.07) is 35.9. The van der Waals surface area contributed by atoms with Crippen molar-refractivity contribution < 1.29 is 4.39 Å². The van der Waals surface area contributed by atoms with Gasteiger partial charge in [0, 0.05) is 11.5 Å². The van der Waals surface area contributed by atoms with Crippen LogP contribution in [0.25, 0.3) is 16.7 Å². The summed E-state index contributed by atoms with van der Waals surface area (Å²) in [7, 11) is 0. The van der Waals surface area contributed by atoms with Crippen molar-refractivity contribution in [3.63, 3.8) is 0 Å². The van der Waals surface area contributed by atoms with E-state index in [4.69, 9.17) is 0 Å². The molecular weight excluding hydrogens is 355 g/mol. The Hall–Kier alpha value is -3.45. The molecule has 0 saturated heterocycles. The van der Waals surface area contributed by atoms with Crippen molar-refractivity contribution in [3.05, 3.63) is 138 Å². The maximum absolute atomic E-state index is 14.9. The van der Waals surface area contributed by atoms with Crippen molar-refractivity contribution >= 4 is 5.57 Å². The van der Waals surface area contributed by atoms with Crippen LogP contribution >= 0.6 is 0 Å². The van der Waals surface area contributed by atoms with Crippen LogP contribution in [0.4, 0.5) is 4.39 Å². The molecule has 0 aliphatic rings. The Balaban J connectivity index is 1.71. The molecule has 0 aromatic heterocycles. The summed E-state index contributed by atoms with van der Waals surface area (Å²) in [5.74, 6) is -0.111. The Kier molecular flexibility index (Phi) is 5.67. The summed E-state index contributed by atoms with van der Waals surface area (Å²) < 4.78 is 14.9. The van der Waals surface area contributed by atoms with Crippen LogP contribution in [0.2, 0.25) is 0 Å². The highest BCUT2D eigenvalue weighted by Gasteiger charge is 2.12. The number of rotatable bonds is 5. The fourth-order valence-corrected chi connectivity index (χ4v) is 3.61. The Bertz CT molecular complexity index is 1060. The second kappa shape index (κ2) is 8.70. The van der Waals surface area contributed by atoms with Crippen molar-refractivity contribution in [3.8, 4) is 11.1 Å². The average Bonchev–Trinajstić information content (AvgIpc) is 2.79. The number of benzene rings is 4. The van der Waals surface area contributed by atoms with Crippen LogP contribution in [0.1, 0.15) is 29.5 Å².